The maximum absolute atomic E-state index is 12.3. The van der Waals surface area contributed by atoms with Crippen LogP contribution in [-0.4, -0.2) is 26.3 Å². The highest BCUT2D eigenvalue weighted by Crippen LogP contribution is 2.44. The molecule has 14 heteroatoms. The molecule has 0 aliphatic heterocycles. The van der Waals surface area contributed by atoms with Gasteiger partial charge in [-0.15, -0.1) is 13.2 Å². The highest BCUT2D eigenvalue weighted by Gasteiger charge is 2.39. The number of halogens is 6. The van der Waals surface area contributed by atoms with Crippen molar-refractivity contribution in [2.24, 2.45) is 0 Å². The summed E-state index contributed by atoms with van der Waals surface area (Å²) < 4.78 is 90.2. The van der Waals surface area contributed by atoms with Crippen molar-refractivity contribution in [3.63, 3.8) is 0 Å². The molecule has 0 amide bonds. The van der Waals surface area contributed by atoms with E-state index in [1.165, 1.54) is 0 Å². The third kappa shape index (κ3) is 4.56. The van der Waals surface area contributed by atoms with E-state index in [2.05, 4.69) is 9.47 Å². The van der Waals surface area contributed by atoms with Gasteiger partial charge in [0.15, 0.2) is 0 Å². The fraction of sp³-hybridized carbons (Fsp3) is 0.250. The van der Waals surface area contributed by atoms with Crippen LogP contribution < -0.4 is 9.47 Å². The molecule has 1 rings (SSSR count). The molecule has 0 saturated heterocycles. The van der Waals surface area contributed by atoms with E-state index in [1.54, 1.807) is 0 Å². The Labute approximate surface area is 122 Å². The number of ether oxygens (including phenoxy) is 2. The lowest BCUT2D eigenvalue weighted by Crippen LogP contribution is -2.19. The van der Waals surface area contributed by atoms with Crippen LogP contribution in [0.3, 0.4) is 0 Å². The fourth-order valence-corrected chi connectivity index (χ4v) is 2.27. The summed E-state index contributed by atoms with van der Waals surface area (Å²) in [5.74, 6) is -3.21. The van der Waals surface area contributed by atoms with Gasteiger partial charge in [-0.3, -0.25) is 10.1 Å². The molecule has 0 N–H and O–H groups in total. The molecule has 0 saturated carbocycles. The third-order valence-electron chi connectivity index (χ3n) is 1.94. The first-order valence-corrected chi connectivity index (χ1v) is 7.10. The number of alkyl halides is 5. The molecule has 1 aromatic rings. The molecular formula is C8H3ClF5NO6S. The number of nitro benzene ring substituents is 1. The molecule has 0 atom stereocenters. The molecule has 0 radical (unpaired) electrons. The van der Waals surface area contributed by atoms with Crippen LogP contribution in [0.5, 0.6) is 11.5 Å². The van der Waals surface area contributed by atoms with Crippen molar-refractivity contribution in [1.29, 1.82) is 0 Å². The standard InChI is InChI=1S/C8H3ClF5NO6S/c9-22(18,19)4-2-1-3(21-8(12,13)14)5(15(16)17)6(4)20-7(10)11/h1-2,7H. The zero-order valence-corrected chi connectivity index (χ0v) is 11.4. The van der Waals surface area contributed by atoms with E-state index in [4.69, 9.17) is 10.7 Å². The number of nitrogens with zero attached hydrogens (tertiary/aromatic N) is 1. The van der Waals surface area contributed by atoms with Crippen molar-refractivity contribution in [3.8, 4) is 11.5 Å². The number of rotatable bonds is 5. The quantitative estimate of drug-likeness (QED) is 0.342. The molecular weight excluding hydrogens is 369 g/mol. The second-order valence-electron chi connectivity index (χ2n) is 3.36. The zero-order valence-electron chi connectivity index (χ0n) is 9.80. The summed E-state index contributed by atoms with van der Waals surface area (Å²) in [5, 5.41) is 10.8. The topological polar surface area (TPSA) is 95.7 Å². The Morgan fingerprint density at radius 3 is 2.18 bits per heavy atom. The summed E-state index contributed by atoms with van der Waals surface area (Å²) in [6.07, 6.45) is -5.39. The molecule has 0 unspecified atom stereocenters. The zero-order chi connectivity index (χ0) is 17.3. The minimum atomic E-state index is -5.39. The first-order chi connectivity index (χ1) is 9.83. The van der Waals surface area contributed by atoms with Crippen LogP contribution in [0.2, 0.25) is 0 Å². The van der Waals surface area contributed by atoms with E-state index in [9.17, 15) is 40.5 Å². The number of hydrogen-bond acceptors (Lipinski definition) is 6. The van der Waals surface area contributed by atoms with E-state index in [0.29, 0.717) is 6.07 Å². The number of benzene rings is 1. The molecule has 0 aliphatic carbocycles. The Balaban J connectivity index is 3.69. The Morgan fingerprint density at radius 1 is 1.27 bits per heavy atom. The minimum absolute atomic E-state index is 0.235. The molecule has 1 aromatic carbocycles. The lowest BCUT2D eigenvalue weighted by molar-refractivity contribution is -0.390. The van der Waals surface area contributed by atoms with Crippen LogP contribution >= 0.6 is 10.7 Å². The molecule has 7 nitrogen and oxygen atoms in total. The second-order valence-corrected chi connectivity index (χ2v) is 5.90. The highest BCUT2D eigenvalue weighted by atomic mass is 35.7. The summed E-state index contributed by atoms with van der Waals surface area (Å²) >= 11 is 0. The van der Waals surface area contributed by atoms with E-state index < -0.39 is 49.0 Å². The van der Waals surface area contributed by atoms with Gasteiger partial charge in [0.25, 0.3) is 9.05 Å². The second kappa shape index (κ2) is 6.08. The van der Waals surface area contributed by atoms with Crippen LogP contribution in [-0.2, 0) is 9.05 Å². The molecule has 0 heterocycles. The third-order valence-corrected chi connectivity index (χ3v) is 3.28. The molecule has 124 valence electrons. The maximum atomic E-state index is 12.3. The van der Waals surface area contributed by atoms with Crippen LogP contribution in [0.4, 0.5) is 27.6 Å². The summed E-state index contributed by atoms with van der Waals surface area (Å²) in [6, 6.07) is 0.535. The van der Waals surface area contributed by atoms with Gasteiger partial charge in [-0.1, -0.05) is 0 Å². The Morgan fingerprint density at radius 2 is 1.82 bits per heavy atom. The SMILES string of the molecule is O=[N+]([O-])c1c(OC(F)(F)F)ccc(S(=O)(=O)Cl)c1OC(F)F. The van der Waals surface area contributed by atoms with Gasteiger partial charge < -0.3 is 9.47 Å². The Kier molecular flexibility index (Phi) is 5.02. The van der Waals surface area contributed by atoms with Gasteiger partial charge >= 0.3 is 18.7 Å². The lowest BCUT2D eigenvalue weighted by Gasteiger charge is -2.13. The van der Waals surface area contributed by atoms with Crippen molar-refractivity contribution >= 4 is 25.4 Å². The van der Waals surface area contributed by atoms with E-state index in [0.717, 1.165) is 0 Å². The van der Waals surface area contributed by atoms with Crippen LogP contribution in [0, 0.1) is 10.1 Å². The van der Waals surface area contributed by atoms with Gasteiger partial charge in [0.05, 0.1) is 4.92 Å². The fourth-order valence-electron chi connectivity index (χ4n) is 1.31. The first-order valence-electron chi connectivity index (χ1n) is 4.79. The smallest absolute Gasteiger partial charge is 0.426 e. The van der Waals surface area contributed by atoms with Crippen molar-refractivity contribution in [2.75, 3.05) is 0 Å². The lowest BCUT2D eigenvalue weighted by atomic mass is 10.2. The van der Waals surface area contributed by atoms with Gasteiger partial charge in [0.2, 0.25) is 11.5 Å². The van der Waals surface area contributed by atoms with Crippen molar-refractivity contribution in [3.05, 3.63) is 22.2 Å². The normalized spacial score (nSPS) is 12.3. The van der Waals surface area contributed by atoms with Crippen LogP contribution in [0.25, 0.3) is 0 Å². The largest absolute Gasteiger partial charge is 0.573 e. The average Bonchev–Trinajstić information content (AvgIpc) is 2.23. The van der Waals surface area contributed by atoms with E-state index >= 15 is 0 Å². The Bertz CT molecular complexity index is 691. The highest BCUT2D eigenvalue weighted by molar-refractivity contribution is 8.13. The van der Waals surface area contributed by atoms with Gasteiger partial charge in [0.1, 0.15) is 4.90 Å². The summed E-state index contributed by atoms with van der Waals surface area (Å²) in [5.41, 5.74) is -1.76. The van der Waals surface area contributed by atoms with Crippen molar-refractivity contribution < 1.29 is 44.8 Å². The molecule has 0 bridgehead atoms. The predicted octanol–water partition coefficient (Wildman–Crippen LogP) is 3.02. The Hall–Kier alpha value is -1.89. The molecule has 0 fully saturated rings. The van der Waals surface area contributed by atoms with Gasteiger partial charge in [-0.05, 0) is 12.1 Å². The number of hydrogen-bond donors (Lipinski definition) is 0. The van der Waals surface area contributed by atoms with E-state index in [-0.39, 0.29) is 6.07 Å². The monoisotopic (exact) mass is 371 g/mol. The average molecular weight is 372 g/mol. The van der Waals surface area contributed by atoms with Crippen molar-refractivity contribution in [1.82, 2.24) is 0 Å². The molecule has 22 heavy (non-hydrogen) atoms. The molecule has 0 aliphatic rings. The summed E-state index contributed by atoms with van der Waals surface area (Å²) in [7, 11) is 0.0480. The van der Waals surface area contributed by atoms with Crippen LogP contribution in [0.15, 0.2) is 17.0 Å². The molecule has 0 spiro atoms. The van der Waals surface area contributed by atoms with Crippen LogP contribution in [0.1, 0.15) is 0 Å². The summed E-state index contributed by atoms with van der Waals surface area (Å²) in [6.45, 7) is -3.77. The summed E-state index contributed by atoms with van der Waals surface area (Å²) in [4.78, 5) is 7.90. The molecule has 0 aromatic heterocycles. The predicted molar refractivity (Wildman–Crippen MR) is 59.5 cm³/mol. The van der Waals surface area contributed by atoms with Crippen molar-refractivity contribution in [2.45, 2.75) is 17.9 Å². The first kappa shape index (κ1) is 18.2. The number of nitro groups is 1. The van der Waals surface area contributed by atoms with Gasteiger partial charge in [0, 0.05) is 10.7 Å². The van der Waals surface area contributed by atoms with Gasteiger partial charge in [-0.25, -0.2) is 8.42 Å². The maximum Gasteiger partial charge on any atom is 0.573 e. The van der Waals surface area contributed by atoms with E-state index in [1.807, 2.05) is 0 Å². The minimum Gasteiger partial charge on any atom is -0.426 e. The van der Waals surface area contributed by atoms with Gasteiger partial charge in [-0.2, -0.15) is 8.78 Å².